The fraction of sp³-hybridized carbons (Fsp3) is 0.571. The summed E-state index contributed by atoms with van der Waals surface area (Å²) in [6.07, 6.45) is 1.77. The van der Waals surface area contributed by atoms with Crippen molar-refractivity contribution in [2.24, 2.45) is 11.7 Å². The maximum Gasteiger partial charge on any atom is 0.122 e. The molecule has 1 aromatic rings. The molecule has 3 heteroatoms. The van der Waals surface area contributed by atoms with Gasteiger partial charge in [0, 0.05) is 6.61 Å². The number of nitrogens with two attached hydrogens (primary N) is 1. The normalized spacial score (nSPS) is 12.5. The molecule has 0 saturated heterocycles. The van der Waals surface area contributed by atoms with Crippen molar-refractivity contribution in [1.82, 2.24) is 0 Å². The lowest BCUT2D eigenvalue weighted by Crippen LogP contribution is -2.20. The van der Waals surface area contributed by atoms with Crippen LogP contribution in [0.3, 0.4) is 0 Å². The molecule has 1 atom stereocenters. The van der Waals surface area contributed by atoms with Crippen LogP contribution >= 0.6 is 0 Å². The largest absolute Gasteiger partial charge is 0.493 e. The highest BCUT2D eigenvalue weighted by Crippen LogP contribution is 2.23. The first-order chi connectivity index (χ1) is 8.21. The van der Waals surface area contributed by atoms with Crippen LogP contribution in [-0.4, -0.2) is 24.9 Å². The second-order valence-corrected chi connectivity index (χ2v) is 4.45. The van der Waals surface area contributed by atoms with Gasteiger partial charge in [-0.15, -0.1) is 0 Å². The molecule has 1 unspecified atom stereocenters. The third-order valence-electron chi connectivity index (χ3n) is 2.78. The summed E-state index contributed by atoms with van der Waals surface area (Å²) < 4.78 is 5.71. The molecule has 0 aliphatic rings. The zero-order valence-electron chi connectivity index (χ0n) is 10.8. The van der Waals surface area contributed by atoms with Crippen molar-refractivity contribution in [1.29, 1.82) is 0 Å². The van der Waals surface area contributed by atoms with Gasteiger partial charge in [-0.2, -0.15) is 0 Å². The van der Waals surface area contributed by atoms with E-state index in [9.17, 15) is 5.11 Å². The average Bonchev–Trinajstić information content (AvgIpc) is 2.35. The Balaban J connectivity index is 2.82. The van der Waals surface area contributed by atoms with Crippen molar-refractivity contribution in [2.45, 2.75) is 26.7 Å². The van der Waals surface area contributed by atoms with Gasteiger partial charge in [0.05, 0.1) is 6.61 Å². The molecule has 0 aliphatic carbocycles. The maximum atomic E-state index is 9.20. The molecule has 96 valence electrons. The van der Waals surface area contributed by atoms with Crippen LogP contribution in [0.25, 0.3) is 0 Å². The monoisotopic (exact) mass is 237 g/mol. The van der Waals surface area contributed by atoms with Gasteiger partial charge in [-0.25, -0.2) is 0 Å². The van der Waals surface area contributed by atoms with Gasteiger partial charge in [0.25, 0.3) is 0 Å². The third-order valence-corrected chi connectivity index (χ3v) is 2.78. The molecule has 0 bridgehead atoms. The molecule has 0 fully saturated rings. The van der Waals surface area contributed by atoms with E-state index < -0.39 is 0 Å². The van der Waals surface area contributed by atoms with Crippen molar-refractivity contribution in [2.75, 3.05) is 19.8 Å². The summed E-state index contributed by atoms with van der Waals surface area (Å²) in [7, 11) is 0. The summed E-state index contributed by atoms with van der Waals surface area (Å²) in [6, 6.07) is 6.17. The SMILES string of the molecule is CCCOc1ccc(C)cc1CC(CN)CO. The highest BCUT2D eigenvalue weighted by Gasteiger charge is 2.11. The van der Waals surface area contributed by atoms with E-state index in [0.29, 0.717) is 6.54 Å². The Hall–Kier alpha value is -1.06. The molecule has 0 aliphatic heterocycles. The molecule has 3 nitrogen and oxygen atoms in total. The summed E-state index contributed by atoms with van der Waals surface area (Å²) in [4.78, 5) is 0. The Morgan fingerprint density at radius 3 is 2.76 bits per heavy atom. The van der Waals surface area contributed by atoms with Crippen LogP contribution in [0.4, 0.5) is 0 Å². The average molecular weight is 237 g/mol. The van der Waals surface area contributed by atoms with Gasteiger partial charge in [-0.1, -0.05) is 24.6 Å². The first kappa shape index (κ1) is 14.0. The summed E-state index contributed by atoms with van der Waals surface area (Å²) >= 11 is 0. The number of aliphatic hydroxyl groups is 1. The predicted octanol–water partition coefficient (Wildman–Crippen LogP) is 1.89. The number of aryl methyl sites for hydroxylation is 1. The Labute approximate surface area is 104 Å². The minimum Gasteiger partial charge on any atom is -0.493 e. The van der Waals surface area contributed by atoms with Crippen LogP contribution in [-0.2, 0) is 6.42 Å². The van der Waals surface area contributed by atoms with Crippen LogP contribution in [0.15, 0.2) is 18.2 Å². The molecule has 0 saturated carbocycles. The fourth-order valence-corrected chi connectivity index (χ4v) is 1.75. The number of aliphatic hydroxyl groups excluding tert-OH is 1. The summed E-state index contributed by atoms with van der Waals surface area (Å²) in [5.74, 6) is 1.03. The molecule has 0 aromatic heterocycles. The second kappa shape index (κ2) is 7.30. The minimum absolute atomic E-state index is 0.112. The van der Waals surface area contributed by atoms with Gasteiger partial charge in [-0.05, 0) is 43.9 Å². The zero-order valence-corrected chi connectivity index (χ0v) is 10.8. The third kappa shape index (κ3) is 4.36. The molecule has 3 N–H and O–H groups in total. The van der Waals surface area contributed by atoms with Gasteiger partial charge >= 0.3 is 0 Å². The Kier molecular flexibility index (Phi) is 6.01. The molecule has 0 radical (unpaired) electrons. The van der Waals surface area contributed by atoms with Crippen molar-refractivity contribution in [3.63, 3.8) is 0 Å². The van der Waals surface area contributed by atoms with Crippen LogP contribution in [0.1, 0.15) is 24.5 Å². The van der Waals surface area contributed by atoms with Crippen LogP contribution in [0.5, 0.6) is 5.75 Å². The molecule has 0 spiro atoms. The number of rotatable bonds is 7. The topological polar surface area (TPSA) is 55.5 Å². The number of benzene rings is 1. The molecule has 0 amide bonds. The van der Waals surface area contributed by atoms with Crippen molar-refractivity contribution in [3.8, 4) is 5.75 Å². The quantitative estimate of drug-likeness (QED) is 0.761. The number of ether oxygens (including phenoxy) is 1. The van der Waals surface area contributed by atoms with Crippen LogP contribution < -0.4 is 10.5 Å². The summed E-state index contributed by atoms with van der Waals surface area (Å²) in [6.45, 7) is 5.49. The highest BCUT2D eigenvalue weighted by atomic mass is 16.5. The smallest absolute Gasteiger partial charge is 0.122 e. The maximum absolute atomic E-state index is 9.20. The number of hydrogen-bond acceptors (Lipinski definition) is 3. The lowest BCUT2D eigenvalue weighted by Gasteiger charge is -2.16. The second-order valence-electron chi connectivity index (χ2n) is 4.45. The highest BCUT2D eigenvalue weighted by molar-refractivity contribution is 5.37. The van der Waals surface area contributed by atoms with Gasteiger partial charge in [0.15, 0.2) is 0 Å². The Morgan fingerprint density at radius 2 is 2.18 bits per heavy atom. The first-order valence-corrected chi connectivity index (χ1v) is 6.24. The van der Waals surface area contributed by atoms with E-state index in [1.54, 1.807) is 0 Å². The van der Waals surface area contributed by atoms with Gasteiger partial charge < -0.3 is 15.6 Å². The Bertz CT molecular complexity index is 335. The summed E-state index contributed by atoms with van der Waals surface area (Å²) in [5, 5.41) is 9.20. The lowest BCUT2D eigenvalue weighted by molar-refractivity contribution is 0.228. The fourth-order valence-electron chi connectivity index (χ4n) is 1.75. The van der Waals surface area contributed by atoms with Gasteiger partial charge in [0.1, 0.15) is 5.75 Å². The standard InChI is InChI=1S/C14H23NO2/c1-3-6-17-14-5-4-11(2)7-13(14)8-12(9-15)10-16/h4-5,7,12,16H,3,6,8-10,15H2,1-2H3. The molecule has 17 heavy (non-hydrogen) atoms. The minimum atomic E-state index is 0.112. The first-order valence-electron chi connectivity index (χ1n) is 6.24. The van der Waals surface area contributed by atoms with E-state index >= 15 is 0 Å². The molecule has 1 aromatic carbocycles. The number of hydrogen-bond donors (Lipinski definition) is 2. The Morgan fingerprint density at radius 1 is 1.41 bits per heavy atom. The summed E-state index contributed by atoms with van der Waals surface area (Å²) in [5.41, 5.74) is 7.97. The van der Waals surface area contributed by atoms with Crippen molar-refractivity contribution < 1.29 is 9.84 Å². The van der Waals surface area contributed by atoms with E-state index in [1.165, 1.54) is 5.56 Å². The predicted molar refractivity (Wildman–Crippen MR) is 70.3 cm³/mol. The molecular weight excluding hydrogens is 214 g/mol. The van der Waals surface area contributed by atoms with Crippen LogP contribution in [0.2, 0.25) is 0 Å². The van der Waals surface area contributed by atoms with Crippen molar-refractivity contribution >= 4 is 0 Å². The zero-order chi connectivity index (χ0) is 12.7. The lowest BCUT2D eigenvalue weighted by atomic mass is 9.98. The van der Waals surface area contributed by atoms with E-state index in [1.807, 2.05) is 12.1 Å². The molecule has 0 heterocycles. The molecular formula is C14H23NO2. The van der Waals surface area contributed by atoms with Crippen molar-refractivity contribution in [3.05, 3.63) is 29.3 Å². The van der Waals surface area contributed by atoms with E-state index in [4.69, 9.17) is 10.5 Å². The molecule has 1 rings (SSSR count). The van der Waals surface area contributed by atoms with E-state index in [0.717, 1.165) is 30.8 Å². The van der Waals surface area contributed by atoms with Gasteiger partial charge in [0.2, 0.25) is 0 Å². The van der Waals surface area contributed by atoms with E-state index in [-0.39, 0.29) is 12.5 Å². The van der Waals surface area contributed by atoms with Gasteiger partial charge in [-0.3, -0.25) is 0 Å². The van der Waals surface area contributed by atoms with E-state index in [2.05, 4.69) is 19.9 Å². The van der Waals surface area contributed by atoms with Crippen LogP contribution in [0, 0.1) is 12.8 Å².